The summed E-state index contributed by atoms with van der Waals surface area (Å²) in [5.74, 6) is -1.86. The van der Waals surface area contributed by atoms with Crippen molar-refractivity contribution >= 4 is 34.4 Å². The minimum absolute atomic E-state index is 0.186. The molecular weight excluding hydrogens is 406 g/mol. The lowest BCUT2D eigenvalue weighted by Gasteiger charge is -2.23. The van der Waals surface area contributed by atoms with E-state index in [1.54, 1.807) is 18.2 Å². The van der Waals surface area contributed by atoms with Gasteiger partial charge in [-0.2, -0.15) is 0 Å². The lowest BCUT2D eigenvalue weighted by molar-refractivity contribution is -0.138. The predicted molar refractivity (Wildman–Crippen MR) is 121 cm³/mol. The fourth-order valence-electron chi connectivity index (χ4n) is 4.36. The molecule has 1 heterocycles. The molecule has 1 aliphatic rings. The number of fused-ring (bicyclic) bond motifs is 1. The molecule has 0 bridgehead atoms. The van der Waals surface area contributed by atoms with Gasteiger partial charge in [-0.25, -0.2) is 4.98 Å². The Hall–Kier alpha value is -3.74. The Morgan fingerprint density at radius 1 is 0.969 bits per heavy atom. The highest BCUT2D eigenvalue weighted by molar-refractivity contribution is 6.04. The summed E-state index contributed by atoms with van der Waals surface area (Å²) in [5.41, 5.74) is 2.50. The molecule has 1 atom stereocenters. The molecule has 7 nitrogen and oxygen atoms in total. The third kappa shape index (κ3) is 4.94. The van der Waals surface area contributed by atoms with E-state index < -0.39 is 18.4 Å². The highest BCUT2D eigenvalue weighted by Gasteiger charge is 2.32. The number of carbonyl (C=O) groups is 3. The summed E-state index contributed by atoms with van der Waals surface area (Å²) in [6.07, 6.45) is 4.02. The van der Waals surface area contributed by atoms with Crippen LogP contribution in [0.2, 0.25) is 0 Å². The lowest BCUT2D eigenvalue weighted by atomic mass is 9.84. The molecule has 32 heavy (non-hydrogen) atoms. The molecule has 1 aliphatic carbocycles. The standard InChI is InChI=1S/C25H25N3O4/c29-22(30)15-26-25(32)23(17-6-1-2-7-17)18-9-12-19(13-10-18)27-24(31)21-14-11-16-5-3-4-8-20(16)28-21/h3-5,8-14,17,23H,1-2,6-7,15H2,(H,26,32)(H,27,31)(H,29,30). The number of aromatic nitrogens is 1. The molecule has 7 heteroatoms. The number of carbonyl (C=O) groups excluding carboxylic acids is 2. The monoisotopic (exact) mass is 431 g/mol. The lowest BCUT2D eigenvalue weighted by Crippen LogP contribution is -2.36. The quantitative estimate of drug-likeness (QED) is 0.525. The van der Waals surface area contributed by atoms with Crippen molar-refractivity contribution in [2.75, 3.05) is 11.9 Å². The maximum absolute atomic E-state index is 12.7. The second-order valence-electron chi connectivity index (χ2n) is 8.10. The Bertz CT molecular complexity index is 1140. The minimum Gasteiger partial charge on any atom is -0.480 e. The van der Waals surface area contributed by atoms with Gasteiger partial charge in [0.2, 0.25) is 5.91 Å². The smallest absolute Gasteiger partial charge is 0.322 e. The molecule has 3 aromatic rings. The Labute approximate surface area is 185 Å². The first-order valence-electron chi connectivity index (χ1n) is 10.8. The topological polar surface area (TPSA) is 108 Å². The van der Waals surface area contributed by atoms with Crippen LogP contribution < -0.4 is 10.6 Å². The van der Waals surface area contributed by atoms with Gasteiger partial charge in [0.1, 0.15) is 12.2 Å². The number of pyridine rings is 1. The maximum Gasteiger partial charge on any atom is 0.322 e. The van der Waals surface area contributed by atoms with Crippen LogP contribution in [0.1, 0.15) is 47.7 Å². The van der Waals surface area contributed by atoms with Gasteiger partial charge in [0.05, 0.1) is 11.4 Å². The molecule has 1 saturated carbocycles. The zero-order chi connectivity index (χ0) is 22.5. The van der Waals surface area contributed by atoms with E-state index in [0.717, 1.165) is 42.1 Å². The number of nitrogens with zero attached hydrogens (tertiary/aromatic N) is 1. The molecule has 0 aliphatic heterocycles. The van der Waals surface area contributed by atoms with Crippen LogP contribution in [0.3, 0.4) is 0 Å². The van der Waals surface area contributed by atoms with Crippen molar-refractivity contribution in [3.8, 4) is 0 Å². The molecule has 0 saturated heterocycles. The summed E-state index contributed by atoms with van der Waals surface area (Å²) in [6.45, 7) is -0.394. The third-order valence-corrected chi connectivity index (χ3v) is 5.93. The second kappa shape index (κ2) is 9.60. The van der Waals surface area contributed by atoms with Crippen LogP contribution in [0.5, 0.6) is 0 Å². The highest BCUT2D eigenvalue weighted by Crippen LogP contribution is 2.37. The van der Waals surface area contributed by atoms with E-state index in [1.807, 2.05) is 42.5 Å². The zero-order valence-electron chi connectivity index (χ0n) is 17.6. The van der Waals surface area contributed by atoms with Crippen LogP contribution in [0.25, 0.3) is 10.9 Å². The van der Waals surface area contributed by atoms with Crippen molar-refractivity contribution in [3.63, 3.8) is 0 Å². The largest absolute Gasteiger partial charge is 0.480 e. The zero-order valence-corrected chi connectivity index (χ0v) is 17.6. The fourth-order valence-corrected chi connectivity index (χ4v) is 4.36. The van der Waals surface area contributed by atoms with Crippen LogP contribution in [-0.4, -0.2) is 34.4 Å². The number of aliphatic carboxylic acids is 1. The van der Waals surface area contributed by atoms with Gasteiger partial charge < -0.3 is 15.7 Å². The average molecular weight is 431 g/mol. The number of carboxylic acids is 1. The first kappa shape index (κ1) is 21.5. The van der Waals surface area contributed by atoms with Crippen molar-refractivity contribution in [2.24, 2.45) is 5.92 Å². The Balaban J connectivity index is 1.49. The summed E-state index contributed by atoms with van der Waals surface area (Å²) < 4.78 is 0. The Morgan fingerprint density at radius 3 is 2.41 bits per heavy atom. The maximum atomic E-state index is 12.7. The molecule has 1 aromatic heterocycles. The number of amides is 2. The third-order valence-electron chi connectivity index (χ3n) is 5.93. The van der Waals surface area contributed by atoms with Gasteiger partial charge in [0, 0.05) is 11.1 Å². The van der Waals surface area contributed by atoms with Gasteiger partial charge in [-0.15, -0.1) is 0 Å². The number of carboxylic acid groups (broad SMARTS) is 1. The molecule has 4 rings (SSSR count). The van der Waals surface area contributed by atoms with Crippen LogP contribution in [0.4, 0.5) is 5.69 Å². The van der Waals surface area contributed by atoms with Crippen LogP contribution in [-0.2, 0) is 9.59 Å². The summed E-state index contributed by atoms with van der Waals surface area (Å²) in [7, 11) is 0. The second-order valence-corrected chi connectivity index (χ2v) is 8.10. The molecule has 164 valence electrons. The summed E-state index contributed by atoms with van der Waals surface area (Å²) >= 11 is 0. The van der Waals surface area contributed by atoms with Crippen LogP contribution in [0.15, 0.2) is 60.7 Å². The van der Waals surface area contributed by atoms with E-state index in [9.17, 15) is 14.4 Å². The van der Waals surface area contributed by atoms with Gasteiger partial charge in [-0.3, -0.25) is 14.4 Å². The van der Waals surface area contributed by atoms with E-state index in [2.05, 4.69) is 15.6 Å². The number of benzene rings is 2. The summed E-state index contributed by atoms with van der Waals surface area (Å²) in [6, 6.07) is 18.3. The highest BCUT2D eigenvalue weighted by atomic mass is 16.4. The SMILES string of the molecule is O=C(O)CNC(=O)C(c1ccc(NC(=O)c2ccc3ccccc3n2)cc1)C1CCCC1. The van der Waals surface area contributed by atoms with E-state index in [4.69, 9.17) is 5.11 Å². The number of nitrogens with one attached hydrogen (secondary N) is 2. The first-order chi connectivity index (χ1) is 15.5. The number of anilines is 1. The number of para-hydroxylation sites is 1. The van der Waals surface area contributed by atoms with Gasteiger partial charge >= 0.3 is 5.97 Å². The Kier molecular flexibility index (Phi) is 6.44. The predicted octanol–water partition coefficient (Wildman–Crippen LogP) is 3.96. The van der Waals surface area contributed by atoms with Crippen LogP contribution >= 0.6 is 0 Å². The number of hydrogen-bond donors (Lipinski definition) is 3. The van der Waals surface area contributed by atoms with Gasteiger partial charge in [-0.05, 0) is 48.6 Å². The van der Waals surface area contributed by atoms with Crippen molar-refractivity contribution < 1.29 is 19.5 Å². The molecule has 2 amide bonds. The molecule has 0 spiro atoms. The minimum atomic E-state index is -1.07. The van der Waals surface area contributed by atoms with E-state index in [1.165, 1.54) is 0 Å². The molecule has 0 radical (unpaired) electrons. The Morgan fingerprint density at radius 2 is 1.69 bits per heavy atom. The van der Waals surface area contributed by atoms with Crippen molar-refractivity contribution in [3.05, 3.63) is 71.9 Å². The average Bonchev–Trinajstić information content (AvgIpc) is 3.33. The summed E-state index contributed by atoms with van der Waals surface area (Å²) in [4.78, 5) is 40.7. The summed E-state index contributed by atoms with van der Waals surface area (Å²) in [5, 5.41) is 15.2. The number of hydrogen-bond acceptors (Lipinski definition) is 4. The molecule has 2 aromatic carbocycles. The van der Waals surface area contributed by atoms with Crippen molar-refractivity contribution in [1.82, 2.24) is 10.3 Å². The van der Waals surface area contributed by atoms with Crippen molar-refractivity contribution in [2.45, 2.75) is 31.6 Å². The number of rotatable bonds is 7. The van der Waals surface area contributed by atoms with E-state index >= 15 is 0 Å². The van der Waals surface area contributed by atoms with E-state index in [0.29, 0.717) is 11.4 Å². The molecular formula is C25H25N3O4. The van der Waals surface area contributed by atoms with Crippen LogP contribution in [0, 0.1) is 5.92 Å². The van der Waals surface area contributed by atoms with Crippen molar-refractivity contribution in [1.29, 1.82) is 0 Å². The normalized spacial score (nSPS) is 14.8. The molecule has 1 unspecified atom stereocenters. The van der Waals surface area contributed by atoms with Gasteiger partial charge in [0.25, 0.3) is 5.91 Å². The molecule has 1 fully saturated rings. The van der Waals surface area contributed by atoms with Gasteiger partial charge in [0.15, 0.2) is 0 Å². The fraction of sp³-hybridized carbons (Fsp3) is 0.280. The molecule has 3 N–H and O–H groups in total. The first-order valence-corrected chi connectivity index (χ1v) is 10.8. The van der Waals surface area contributed by atoms with Gasteiger partial charge in [-0.1, -0.05) is 49.2 Å². The van der Waals surface area contributed by atoms with E-state index in [-0.39, 0.29) is 17.7 Å².